The molecule has 0 radical (unpaired) electrons. The van der Waals surface area contributed by atoms with E-state index in [9.17, 15) is 9.59 Å². The summed E-state index contributed by atoms with van der Waals surface area (Å²) in [4.78, 5) is 25.8. The molecule has 1 heterocycles. The maximum atomic E-state index is 12.4. The van der Waals surface area contributed by atoms with Crippen LogP contribution < -0.4 is 20.3 Å². The number of fused-ring (bicyclic) bond motifs is 1. The van der Waals surface area contributed by atoms with Crippen LogP contribution in [0.2, 0.25) is 0 Å². The van der Waals surface area contributed by atoms with Gasteiger partial charge in [-0.2, -0.15) is 0 Å². The molecule has 0 saturated carbocycles. The van der Waals surface area contributed by atoms with Gasteiger partial charge in [0, 0.05) is 31.4 Å². The lowest BCUT2D eigenvalue weighted by Gasteiger charge is -2.18. The van der Waals surface area contributed by atoms with Gasteiger partial charge >= 0.3 is 0 Å². The number of hydrogen-bond donors (Lipinski definition) is 2. The molecule has 1 unspecified atom stereocenters. The van der Waals surface area contributed by atoms with Crippen LogP contribution in [0.4, 0.5) is 11.4 Å². The van der Waals surface area contributed by atoms with Crippen molar-refractivity contribution in [2.24, 2.45) is 0 Å². The number of amides is 2. The molecule has 28 heavy (non-hydrogen) atoms. The van der Waals surface area contributed by atoms with Gasteiger partial charge in [0.15, 0.2) is 0 Å². The number of ether oxygens (including phenoxy) is 1. The quantitative estimate of drug-likeness (QED) is 0.774. The molecule has 0 fully saturated rings. The molecule has 6 heteroatoms. The number of methoxy groups -OCH3 is 1. The number of carbonyl (C=O) groups excluding carboxylic acids is 2. The highest BCUT2D eigenvalue weighted by Gasteiger charge is 2.22. The third kappa shape index (κ3) is 4.63. The van der Waals surface area contributed by atoms with Crippen LogP contribution in [0.1, 0.15) is 25.0 Å². The summed E-state index contributed by atoms with van der Waals surface area (Å²) in [7, 11) is 1.64. The fourth-order valence-corrected chi connectivity index (χ4v) is 3.41. The van der Waals surface area contributed by atoms with Crippen LogP contribution in [0.5, 0.6) is 5.75 Å². The Morgan fingerprint density at radius 3 is 2.61 bits per heavy atom. The average molecular weight is 381 g/mol. The van der Waals surface area contributed by atoms with Crippen molar-refractivity contribution in [3.05, 3.63) is 53.6 Å². The Hall–Kier alpha value is -3.02. The smallest absolute Gasteiger partial charge is 0.242 e. The van der Waals surface area contributed by atoms with Crippen LogP contribution in [0.3, 0.4) is 0 Å². The number of benzene rings is 2. The van der Waals surface area contributed by atoms with Crippen molar-refractivity contribution in [3.63, 3.8) is 0 Å². The van der Waals surface area contributed by atoms with Gasteiger partial charge in [0.05, 0.1) is 7.11 Å². The topological polar surface area (TPSA) is 70.7 Å². The number of carbonyl (C=O) groups is 2. The molecule has 1 atom stereocenters. The largest absolute Gasteiger partial charge is 0.497 e. The summed E-state index contributed by atoms with van der Waals surface area (Å²) >= 11 is 0. The van der Waals surface area contributed by atoms with E-state index in [1.165, 1.54) is 0 Å². The minimum absolute atomic E-state index is 0.0422. The zero-order valence-corrected chi connectivity index (χ0v) is 16.6. The molecule has 2 amide bonds. The van der Waals surface area contributed by atoms with E-state index < -0.39 is 0 Å². The van der Waals surface area contributed by atoms with Crippen LogP contribution in [0.25, 0.3) is 0 Å². The molecule has 3 rings (SSSR count). The predicted octanol–water partition coefficient (Wildman–Crippen LogP) is 2.76. The third-order valence-corrected chi connectivity index (χ3v) is 5.00. The van der Waals surface area contributed by atoms with Gasteiger partial charge in [-0.1, -0.05) is 12.1 Å². The summed E-state index contributed by atoms with van der Waals surface area (Å²) < 4.78 is 5.15. The Morgan fingerprint density at radius 1 is 1.18 bits per heavy atom. The van der Waals surface area contributed by atoms with Gasteiger partial charge in [0.25, 0.3) is 0 Å². The fourth-order valence-electron chi connectivity index (χ4n) is 3.41. The Kier molecular flexibility index (Phi) is 6.19. The number of nitrogens with one attached hydrogen (secondary N) is 2. The van der Waals surface area contributed by atoms with E-state index >= 15 is 0 Å². The molecule has 148 valence electrons. The summed E-state index contributed by atoms with van der Waals surface area (Å²) in [5, 5.41) is 6.22. The maximum absolute atomic E-state index is 12.4. The van der Waals surface area contributed by atoms with Crippen LogP contribution in [0.15, 0.2) is 42.5 Å². The van der Waals surface area contributed by atoms with Crippen molar-refractivity contribution in [1.82, 2.24) is 5.32 Å². The van der Waals surface area contributed by atoms with Gasteiger partial charge in [0.2, 0.25) is 11.8 Å². The van der Waals surface area contributed by atoms with Gasteiger partial charge < -0.3 is 20.3 Å². The molecular formula is C22H27N3O3. The van der Waals surface area contributed by atoms with Crippen molar-refractivity contribution >= 4 is 23.2 Å². The molecule has 0 saturated heterocycles. The zero-order valence-electron chi connectivity index (χ0n) is 16.6. The number of hydrogen-bond acceptors (Lipinski definition) is 4. The second-order valence-electron chi connectivity index (χ2n) is 7.02. The highest BCUT2D eigenvalue weighted by molar-refractivity contribution is 5.94. The molecule has 1 aliphatic heterocycles. The third-order valence-electron chi connectivity index (χ3n) is 5.00. The molecule has 2 N–H and O–H groups in total. The summed E-state index contributed by atoms with van der Waals surface area (Å²) in [6.07, 6.45) is 1.61. The summed E-state index contributed by atoms with van der Waals surface area (Å²) in [5.74, 6) is 0.842. The van der Waals surface area contributed by atoms with Crippen LogP contribution in [-0.4, -0.2) is 38.1 Å². The average Bonchev–Trinajstić information content (AvgIpc) is 3.12. The van der Waals surface area contributed by atoms with E-state index in [4.69, 9.17) is 4.74 Å². The molecule has 2 aromatic carbocycles. The van der Waals surface area contributed by atoms with Gasteiger partial charge in [0.1, 0.15) is 11.8 Å². The Morgan fingerprint density at radius 2 is 1.93 bits per heavy atom. The summed E-state index contributed by atoms with van der Waals surface area (Å²) in [6, 6.07) is 13.4. The lowest BCUT2D eigenvalue weighted by Crippen LogP contribution is -2.38. The number of anilines is 2. The lowest BCUT2D eigenvalue weighted by molar-refractivity contribution is -0.121. The van der Waals surface area contributed by atoms with Crippen LogP contribution >= 0.6 is 0 Å². The second kappa shape index (κ2) is 8.78. The summed E-state index contributed by atoms with van der Waals surface area (Å²) in [6.45, 7) is 4.72. The van der Waals surface area contributed by atoms with Crippen LogP contribution in [-0.2, 0) is 22.4 Å². The van der Waals surface area contributed by atoms with Gasteiger partial charge in [-0.05, 0) is 61.2 Å². The molecule has 1 aliphatic rings. The molecule has 6 nitrogen and oxygen atoms in total. The normalized spacial score (nSPS) is 13.6. The van der Waals surface area contributed by atoms with Gasteiger partial charge in [-0.3, -0.25) is 9.59 Å². The van der Waals surface area contributed by atoms with Crippen molar-refractivity contribution in [2.75, 3.05) is 30.4 Å². The van der Waals surface area contributed by atoms with Crippen molar-refractivity contribution in [2.45, 2.75) is 32.7 Å². The van der Waals surface area contributed by atoms with Crippen LogP contribution in [0, 0.1) is 0 Å². The highest BCUT2D eigenvalue weighted by Crippen LogP contribution is 2.30. The zero-order chi connectivity index (χ0) is 20.1. The second-order valence-corrected chi connectivity index (χ2v) is 7.02. The van der Waals surface area contributed by atoms with E-state index in [1.54, 1.807) is 18.9 Å². The highest BCUT2D eigenvalue weighted by atomic mass is 16.5. The van der Waals surface area contributed by atoms with Gasteiger partial charge in [-0.15, -0.1) is 0 Å². The first-order chi connectivity index (χ1) is 13.5. The first kappa shape index (κ1) is 19.7. The molecule has 2 aromatic rings. The van der Waals surface area contributed by atoms with E-state index in [1.807, 2.05) is 49.4 Å². The Bertz CT molecular complexity index is 849. The molecule has 0 bridgehead atoms. The fraction of sp³-hybridized carbons (Fsp3) is 0.364. The van der Waals surface area contributed by atoms with E-state index in [-0.39, 0.29) is 17.9 Å². The molecular weight excluding hydrogens is 354 g/mol. The lowest BCUT2D eigenvalue weighted by atomic mass is 10.1. The molecule has 0 aromatic heterocycles. The Balaban J connectivity index is 1.49. The van der Waals surface area contributed by atoms with Crippen molar-refractivity contribution < 1.29 is 14.3 Å². The van der Waals surface area contributed by atoms with Crippen molar-refractivity contribution in [1.29, 1.82) is 0 Å². The standard InChI is InChI=1S/C22H27N3O3/c1-15(22(27)23-12-10-17-4-7-20(28-3)8-5-17)24-19-6-9-21-18(14-19)11-13-25(21)16(2)26/h4-9,14-15,24H,10-13H2,1-3H3,(H,23,27). The minimum Gasteiger partial charge on any atom is -0.497 e. The molecule has 0 aliphatic carbocycles. The monoisotopic (exact) mass is 381 g/mol. The Labute approximate surface area is 165 Å². The van der Waals surface area contributed by atoms with E-state index in [2.05, 4.69) is 10.6 Å². The number of nitrogens with zero attached hydrogens (tertiary/aromatic N) is 1. The van der Waals surface area contributed by atoms with E-state index in [0.717, 1.165) is 47.6 Å². The van der Waals surface area contributed by atoms with E-state index in [0.29, 0.717) is 6.54 Å². The predicted molar refractivity (Wildman–Crippen MR) is 111 cm³/mol. The SMILES string of the molecule is COc1ccc(CCNC(=O)C(C)Nc2ccc3c(c2)CCN3C(C)=O)cc1. The summed E-state index contributed by atoms with van der Waals surface area (Å²) in [5.41, 5.74) is 4.14. The maximum Gasteiger partial charge on any atom is 0.242 e. The van der Waals surface area contributed by atoms with Crippen molar-refractivity contribution in [3.8, 4) is 5.75 Å². The minimum atomic E-state index is -0.348. The number of rotatable bonds is 7. The first-order valence-corrected chi connectivity index (χ1v) is 9.56. The first-order valence-electron chi connectivity index (χ1n) is 9.56. The molecule has 0 spiro atoms. The van der Waals surface area contributed by atoms with Gasteiger partial charge in [-0.25, -0.2) is 0 Å².